The van der Waals surface area contributed by atoms with E-state index in [1.54, 1.807) is 0 Å². The van der Waals surface area contributed by atoms with Gasteiger partial charge in [0.05, 0.1) is 13.1 Å². The van der Waals surface area contributed by atoms with Crippen LogP contribution in [0.5, 0.6) is 0 Å². The van der Waals surface area contributed by atoms with Gasteiger partial charge in [-0.25, -0.2) is 0 Å². The number of aromatic nitrogens is 1. The summed E-state index contributed by atoms with van der Waals surface area (Å²) in [6.45, 7) is 6.50. The van der Waals surface area contributed by atoms with Crippen molar-refractivity contribution in [3.8, 4) is 0 Å². The van der Waals surface area contributed by atoms with Crippen LogP contribution in [-0.2, 0) is 0 Å². The predicted octanol–water partition coefficient (Wildman–Crippen LogP) is -0.176. The summed E-state index contributed by atoms with van der Waals surface area (Å²) in [5, 5.41) is 5.72. The largest absolute Gasteiger partial charge is 0.313 e. The smallest absolute Gasteiger partial charge is 0.208 e. The molecule has 0 radical (unpaired) electrons. The van der Waals surface area contributed by atoms with Crippen LogP contribution in [0.2, 0.25) is 0 Å². The number of hydrogen-bond donors (Lipinski definition) is 1. The molecule has 3 nitrogen and oxygen atoms in total. The number of rotatable bonds is 1. The van der Waals surface area contributed by atoms with E-state index >= 15 is 0 Å². The Morgan fingerprint density at radius 1 is 1.31 bits per heavy atom. The summed E-state index contributed by atoms with van der Waals surface area (Å²) in [5.74, 6) is 0. The molecule has 13 heavy (non-hydrogen) atoms. The Kier molecular flexibility index (Phi) is 2.45. The van der Waals surface area contributed by atoms with E-state index in [1.807, 2.05) is 0 Å². The first-order valence-electron chi connectivity index (χ1n) is 4.81. The average molecular weight is 178 g/mol. The third-order valence-electron chi connectivity index (χ3n) is 2.44. The first-order valence-corrected chi connectivity index (χ1v) is 4.81. The van der Waals surface area contributed by atoms with Crippen LogP contribution in [0.1, 0.15) is 5.69 Å². The van der Waals surface area contributed by atoms with Crippen LogP contribution in [0.4, 0.5) is 0 Å². The lowest BCUT2D eigenvalue weighted by atomic mass is 10.3. The van der Waals surface area contributed by atoms with Crippen LogP contribution in [0.25, 0.3) is 0 Å². The molecule has 0 amide bonds. The number of nitrogens with one attached hydrogen (secondary N) is 1. The van der Waals surface area contributed by atoms with Gasteiger partial charge >= 0.3 is 0 Å². The predicted molar refractivity (Wildman–Crippen MR) is 52.2 cm³/mol. The van der Waals surface area contributed by atoms with Crippen molar-refractivity contribution in [2.24, 2.45) is 0 Å². The van der Waals surface area contributed by atoms with Crippen molar-refractivity contribution in [2.75, 3.05) is 31.2 Å². The average Bonchev–Trinajstić information content (AvgIpc) is 2.20. The molecule has 1 fully saturated rings. The van der Waals surface area contributed by atoms with E-state index in [0.29, 0.717) is 0 Å². The Morgan fingerprint density at radius 3 is 2.77 bits per heavy atom. The van der Waals surface area contributed by atoms with Crippen molar-refractivity contribution < 1.29 is 4.68 Å². The van der Waals surface area contributed by atoms with Gasteiger partial charge in [0.1, 0.15) is 0 Å². The molecular weight excluding hydrogens is 162 g/mol. The molecule has 0 atom stereocenters. The first-order chi connectivity index (χ1) is 6.38. The first kappa shape index (κ1) is 8.51. The third kappa shape index (κ3) is 1.80. The molecule has 2 rings (SSSR count). The van der Waals surface area contributed by atoms with Crippen molar-refractivity contribution in [3.05, 3.63) is 30.1 Å². The van der Waals surface area contributed by atoms with Crippen molar-refractivity contribution >= 4 is 0 Å². The zero-order valence-corrected chi connectivity index (χ0v) is 8.03. The van der Waals surface area contributed by atoms with Gasteiger partial charge in [0.2, 0.25) is 5.69 Å². The van der Waals surface area contributed by atoms with Gasteiger partial charge in [-0.2, -0.15) is 5.01 Å². The Bertz CT molecular complexity index is 279. The third-order valence-corrected chi connectivity index (χ3v) is 2.44. The molecule has 0 aromatic carbocycles. The second-order valence-corrected chi connectivity index (χ2v) is 3.39. The molecule has 1 aromatic rings. The molecule has 0 spiro atoms. The van der Waals surface area contributed by atoms with E-state index < -0.39 is 0 Å². The minimum absolute atomic E-state index is 1.08. The van der Waals surface area contributed by atoms with E-state index in [-0.39, 0.29) is 0 Å². The van der Waals surface area contributed by atoms with Gasteiger partial charge in [0.15, 0.2) is 6.20 Å². The minimum atomic E-state index is 1.08. The molecular formula is C10H16N3+. The van der Waals surface area contributed by atoms with Crippen LogP contribution in [0.15, 0.2) is 24.4 Å². The zero-order chi connectivity index (χ0) is 9.10. The molecule has 70 valence electrons. The van der Waals surface area contributed by atoms with Crippen LogP contribution in [0.3, 0.4) is 0 Å². The highest BCUT2D eigenvalue weighted by atomic mass is 15.6. The summed E-state index contributed by atoms with van der Waals surface area (Å²) >= 11 is 0. The van der Waals surface area contributed by atoms with Gasteiger partial charge < -0.3 is 5.32 Å². The topological polar surface area (TPSA) is 19.1 Å². The fourth-order valence-corrected chi connectivity index (χ4v) is 1.71. The molecule has 0 bridgehead atoms. The number of nitrogens with zero attached hydrogens (tertiary/aromatic N) is 2. The lowest BCUT2D eigenvalue weighted by Crippen LogP contribution is -2.65. The maximum absolute atomic E-state index is 3.35. The van der Waals surface area contributed by atoms with Crippen molar-refractivity contribution in [1.29, 1.82) is 0 Å². The highest BCUT2D eigenvalue weighted by molar-refractivity contribution is 4.96. The molecule has 0 aliphatic carbocycles. The Labute approximate surface area is 79.0 Å². The Hall–Kier alpha value is -1.09. The molecule has 0 saturated carbocycles. The fraction of sp³-hybridized carbons (Fsp3) is 0.500. The monoisotopic (exact) mass is 178 g/mol. The van der Waals surface area contributed by atoms with Gasteiger partial charge in [-0.1, -0.05) is 4.68 Å². The van der Waals surface area contributed by atoms with Crippen molar-refractivity contribution in [2.45, 2.75) is 6.92 Å². The van der Waals surface area contributed by atoms with E-state index in [9.17, 15) is 0 Å². The van der Waals surface area contributed by atoms with Gasteiger partial charge in [0, 0.05) is 32.1 Å². The molecule has 3 heteroatoms. The number of aryl methyl sites for hydroxylation is 1. The highest BCUT2D eigenvalue weighted by Gasteiger charge is 2.17. The summed E-state index contributed by atoms with van der Waals surface area (Å²) in [7, 11) is 0. The number of pyridine rings is 1. The SMILES string of the molecule is Cc1cccc[n+]1N1CCNCC1. The number of hydrogen-bond acceptors (Lipinski definition) is 2. The zero-order valence-electron chi connectivity index (χ0n) is 8.03. The van der Waals surface area contributed by atoms with Crippen LogP contribution < -0.4 is 15.0 Å². The summed E-state index contributed by atoms with van der Waals surface area (Å²) in [6, 6.07) is 6.30. The summed E-state index contributed by atoms with van der Waals surface area (Å²) in [5.41, 5.74) is 1.30. The lowest BCUT2D eigenvalue weighted by Gasteiger charge is -2.23. The van der Waals surface area contributed by atoms with Crippen molar-refractivity contribution in [3.63, 3.8) is 0 Å². The maximum atomic E-state index is 3.35. The van der Waals surface area contributed by atoms with E-state index in [2.05, 4.69) is 46.3 Å². The van der Waals surface area contributed by atoms with E-state index in [4.69, 9.17) is 0 Å². The van der Waals surface area contributed by atoms with Crippen LogP contribution in [-0.4, -0.2) is 26.2 Å². The highest BCUT2D eigenvalue weighted by Crippen LogP contribution is 1.90. The Morgan fingerprint density at radius 2 is 2.08 bits per heavy atom. The standard InChI is InChI=1S/C10H16N3/c1-10-4-2-3-7-13(10)12-8-5-11-6-9-12/h2-4,7,11H,5-6,8-9H2,1H3/q+1. The molecule has 1 aliphatic rings. The molecule has 1 aromatic heterocycles. The molecule has 0 unspecified atom stereocenters. The minimum Gasteiger partial charge on any atom is -0.313 e. The van der Waals surface area contributed by atoms with Gasteiger partial charge in [-0.05, 0) is 6.07 Å². The maximum Gasteiger partial charge on any atom is 0.208 e. The normalized spacial score (nSPS) is 17.5. The van der Waals surface area contributed by atoms with Gasteiger partial charge in [-0.3, -0.25) is 0 Å². The van der Waals surface area contributed by atoms with Crippen LogP contribution >= 0.6 is 0 Å². The van der Waals surface area contributed by atoms with Crippen molar-refractivity contribution in [1.82, 2.24) is 5.32 Å². The second kappa shape index (κ2) is 3.75. The lowest BCUT2D eigenvalue weighted by molar-refractivity contribution is -0.699. The number of piperazine rings is 1. The summed E-state index contributed by atoms with van der Waals surface area (Å²) < 4.78 is 2.24. The Balaban J connectivity index is 2.18. The van der Waals surface area contributed by atoms with E-state index in [1.165, 1.54) is 5.69 Å². The van der Waals surface area contributed by atoms with Crippen LogP contribution in [0, 0.1) is 6.92 Å². The molecule has 1 aliphatic heterocycles. The molecule has 1 saturated heterocycles. The van der Waals surface area contributed by atoms with E-state index in [0.717, 1.165) is 26.2 Å². The molecule has 2 heterocycles. The van der Waals surface area contributed by atoms with Gasteiger partial charge in [-0.15, -0.1) is 0 Å². The van der Waals surface area contributed by atoms with Gasteiger partial charge in [0.25, 0.3) is 0 Å². The fourth-order valence-electron chi connectivity index (χ4n) is 1.71. The summed E-state index contributed by atoms with van der Waals surface area (Å²) in [4.78, 5) is 0. The second-order valence-electron chi connectivity index (χ2n) is 3.39. The quantitative estimate of drug-likeness (QED) is 0.602. The summed E-state index contributed by atoms with van der Waals surface area (Å²) in [6.07, 6.45) is 2.13. The molecule has 1 N–H and O–H groups in total.